The average molecular weight is 243 g/mol. The molecule has 0 bridgehead atoms. The molecule has 0 aromatic carbocycles. The van der Waals surface area contributed by atoms with Gasteiger partial charge in [-0.1, -0.05) is 11.6 Å². The van der Waals surface area contributed by atoms with E-state index in [0.29, 0.717) is 17.6 Å². The summed E-state index contributed by atoms with van der Waals surface area (Å²) in [6.45, 7) is 4.36. The monoisotopic (exact) mass is 242 g/mol. The molecule has 0 saturated heterocycles. The van der Waals surface area contributed by atoms with E-state index in [4.69, 9.17) is 16.3 Å². The second kappa shape index (κ2) is 4.43. The maximum absolute atomic E-state index is 6.02. The molecule has 0 amide bonds. The summed E-state index contributed by atoms with van der Waals surface area (Å²) in [5.41, 5.74) is 0. The minimum absolute atomic E-state index is 0.173. The van der Waals surface area contributed by atoms with Gasteiger partial charge < -0.3 is 4.74 Å². The Morgan fingerprint density at radius 1 is 1.47 bits per heavy atom. The molecule has 0 atom stereocenters. The summed E-state index contributed by atoms with van der Waals surface area (Å²) in [6, 6.07) is 1.93. The first kappa shape index (κ1) is 10.8. The summed E-state index contributed by atoms with van der Waals surface area (Å²) in [7, 11) is 0. The topological polar surface area (TPSA) is 35.0 Å². The van der Waals surface area contributed by atoms with Crippen LogP contribution in [0, 0.1) is 0 Å². The van der Waals surface area contributed by atoms with Gasteiger partial charge in [0, 0.05) is 5.39 Å². The zero-order chi connectivity index (χ0) is 10.8. The summed E-state index contributed by atoms with van der Waals surface area (Å²) < 4.78 is 5.43. The van der Waals surface area contributed by atoms with Crippen LogP contribution in [0.15, 0.2) is 11.4 Å². The van der Waals surface area contributed by atoms with Crippen molar-refractivity contribution >= 4 is 33.2 Å². The Balaban J connectivity index is 2.28. The fraction of sp³-hybridized carbons (Fsp3) is 0.400. The van der Waals surface area contributed by atoms with Crippen molar-refractivity contribution in [1.29, 1.82) is 0 Å². The van der Waals surface area contributed by atoms with Crippen LogP contribution in [0.5, 0.6) is 0 Å². The summed E-state index contributed by atoms with van der Waals surface area (Å²) in [4.78, 5) is 9.46. The second-order valence-electron chi connectivity index (χ2n) is 3.43. The quantitative estimate of drug-likeness (QED) is 0.775. The van der Waals surface area contributed by atoms with Crippen LogP contribution in [0.2, 0.25) is 5.15 Å². The highest BCUT2D eigenvalue weighted by atomic mass is 35.5. The van der Waals surface area contributed by atoms with Crippen molar-refractivity contribution in [2.24, 2.45) is 0 Å². The molecule has 80 valence electrons. The van der Waals surface area contributed by atoms with Gasteiger partial charge in [0.15, 0.2) is 5.82 Å². The van der Waals surface area contributed by atoms with E-state index < -0.39 is 0 Å². The Morgan fingerprint density at radius 2 is 2.27 bits per heavy atom. The molecular formula is C10H11ClN2OS. The van der Waals surface area contributed by atoms with Crippen LogP contribution >= 0.6 is 22.9 Å². The smallest absolute Gasteiger partial charge is 0.157 e. The number of halogens is 1. The lowest BCUT2D eigenvalue weighted by atomic mass is 10.4. The lowest BCUT2D eigenvalue weighted by Crippen LogP contribution is -2.05. The van der Waals surface area contributed by atoms with Gasteiger partial charge in [0.05, 0.1) is 6.10 Å². The van der Waals surface area contributed by atoms with Gasteiger partial charge >= 0.3 is 0 Å². The molecule has 3 nitrogen and oxygen atoms in total. The maximum atomic E-state index is 6.02. The van der Waals surface area contributed by atoms with Crippen molar-refractivity contribution in [1.82, 2.24) is 9.97 Å². The van der Waals surface area contributed by atoms with Crippen LogP contribution < -0.4 is 0 Å². The Hall–Kier alpha value is -0.710. The molecule has 2 rings (SSSR count). The fourth-order valence-electron chi connectivity index (χ4n) is 1.17. The number of aromatic nitrogens is 2. The molecule has 2 aromatic heterocycles. The van der Waals surface area contributed by atoms with E-state index in [1.807, 2.05) is 25.3 Å². The van der Waals surface area contributed by atoms with Gasteiger partial charge in [0.2, 0.25) is 0 Å². The van der Waals surface area contributed by atoms with Crippen molar-refractivity contribution in [3.63, 3.8) is 0 Å². The molecule has 5 heteroatoms. The number of fused-ring (bicyclic) bond motifs is 1. The molecule has 0 unspecified atom stereocenters. The molecule has 15 heavy (non-hydrogen) atoms. The molecule has 2 heterocycles. The Bertz CT molecular complexity index is 469. The number of rotatable bonds is 3. The Labute approximate surface area is 97.1 Å². The molecule has 0 aliphatic rings. The third kappa shape index (κ3) is 2.45. The predicted molar refractivity (Wildman–Crippen MR) is 62.4 cm³/mol. The molecule has 0 N–H and O–H groups in total. The third-order valence-electron chi connectivity index (χ3n) is 1.87. The third-order valence-corrected chi connectivity index (χ3v) is 2.97. The van der Waals surface area contributed by atoms with Crippen LogP contribution in [0.3, 0.4) is 0 Å². The first-order valence-electron chi connectivity index (χ1n) is 4.68. The molecule has 0 aliphatic carbocycles. The normalized spacial score (nSPS) is 11.5. The molecule has 0 spiro atoms. The first-order valence-corrected chi connectivity index (χ1v) is 5.94. The Morgan fingerprint density at radius 3 is 3.00 bits per heavy atom. The fourth-order valence-corrected chi connectivity index (χ4v) is 2.26. The molecule has 2 aromatic rings. The number of hydrogen-bond acceptors (Lipinski definition) is 4. The number of ether oxygens (including phenoxy) is 1. The zero-order valence-corrected chi connectivity index (χ0v) is 10.1. The van der Waals surface area contributed by atoms with Crippen LogP contribution in [0.4, 0.5) is 0 Å². The van der Waals surface area contributed by atoms with E-state index in [9.17, 15) is 0 Å². The SMILES string of the molecule is CC(C)OCc1nc(Cl)c2ccsc2n1. The highest BCUT2D eigenvalue weighted by Gasteiger charge is 2.07. The van der Waals surface area contributed by atoms with Gasteiger partial charge in [-0.3, -0.25) is 0 Å². The maximum Gasteiger partial charge on any atom is 0.157 e. The predicted octanol–water partition coefficient (Wildman–Crippen LogP) is 3.27. The Kier molecular flexibility index (Phi) is 3.19. The van der Waals surface area contributed by atoms with Gasteiger partial charge in [-0.2, -0.15) is 0 Å². The van der Waals surface area contributed by atoms with E-state index in [0.717, 1.165) is 10.2 Å². The number of hydrogen-bond donors (Lipinski definition) is 0. The van der Waals surface area contributed by atoms with Crippen molar-refractivity contribution in [2.45, 2.75) is 26.6 Å². The standard InChI is InChI=1S/C10H11ClN2OS/c1-6(2)14-5-8-12-9(11)7-3-4-15-10(7)13-8/h3-4,6H,5H2,1-2H3. The van der Waals surface area contributed by atoms with E-state index >= 15 is 0 Å². The molecular weight excluding hydrogens is 232 g/mol. The second-order valence-corrected chi connectivity index (χ2v) is 4.68. The summed E-state index contributed by atoms with van der Waals surface area (Å²) in [5, 5.41) is 3.37. The molecule has 0 saturated carbocycles. The lowest BCUT2D eigenvalue weighted by Gasteiger charge is -2.06. The van der Waals surface area contributed by atoms with E-state index in [2.05, 4.69) is 9.97 Å². The van der Waals surface area contributed by atoms with Crippen LogP contribution in [0.25, 0.3) is 10.2 Å². The molecule has 0 fully saturated rings. The van der Waals surface area contributed by atoms with E-state index in [1.165, 1.54) is 0 Å². The lowest BCUT2D eigenvalue weighted by molar-refractivity contribution is 0.0615. The number of thiophene rings is 1. The van der Waals surface area contributed by atoms with Gasteiger partial charge in [-0.05, 0) is 25.3 Å². The minimum atomic E-state index is 0.173. The van der Waals surface area contributed by atoms with Crippen molar-refractivity contribution in [3.05, 3.63) is 22.4 Å². The van der Waals surface area contributed by atoms with Gasteiger partial charge in [0.1, 0.15) is 16.6 Å². The molecule has 0 aliphatic heterocycles. The average Bonchev–Trinajstić information content (AvgIpc) is 2.63. The summed E-state index contributed by atoms with van der Waals surface area (Å²) in [5.74, 6) is 0.642. The minimum Gasteiger partial charge on any atom is -0.371 e. The zero-order valence-electron chi connectivity index (χ0n) is 8.53. The van der Waals surface area contributed by atoms with Crippen molar-refractivity contribution in [2.75, 3.05) is 0 Å². The van der Waals surface area contributed by atoms with Gasteiger partial charge in [0.25, 0.3) is 0 Å². The van der Waals surface area contributed by atoms with Gasteiger partial charge in [-0.15, -0.1) is 11.3 Å². The highest BCUT2D eigenvalue weighted by Crippen LogP contribution is 2.24. The largest absolute Gasteiger partial charge is 0.371 e. The van der Waals surface area contributed by atoms with Crippen molar-refractivity contribution < 1.29 is 4.74 Å². The van der Waals surface area contributed by atoms with Crippen molar-refractivity contribution in [3.8, 4) is 0 Å². The highest BCUT2D eigenvalue weighted by molar-refractivity contribution is 7.16. The van der Waals surface area contributed by atoms with E-state index in [-0.39, 0.29) is 6.10 Å². The van der Waals surface area contributed by atoms with Crippen LogP contribution in [0.1, 0.15) is 19.7 Å². The number of nitrogens with zero attached hydrogens (tertiary/aromatic N) is 2. The van der Waals surface area contributed by atoms with E-state index in [1.54, 1.807) is 11.3 Å². The van der Waals surface area contributed by atoms with Gasteiger partial charge in [-0.25, -0.2) is 9.97 Å². The first-order chi connectivity index (χ1) is 7.16. The van der Waals surface area contributed by atoms with Crippen LogP contribution in [-0.2, 0) is 11.3 Å². The molecule has 0 radical (unpaired) electrons. The van der Waals surface area contributed by atoms with Crippen LogP contribution in [-0.4, -0.2) is 16.1 Å². The summed E-state index contributed by atoms with van der Waals surface area (Å²) >= 11 is 7.58. The summed E-state index contributed by atoms with van der Waals surface area (Å²) in [6.07, 6.45) is 0.173.